The molecule has 1 heterocycles. The fraction of sp³-hybridized carbons (Fsp3) is 0.238. The number of nitrogens with zero attached hydrogens (tertiary/aromatic N) is 1. The molecule has 0 spiro atoms. The standard InChI is InChI=1S/C21H21NO4/c1-14-8-10-16(11-9-14)19(24)17-18(15-6-3-2-4-7-15)22(12-5-13-23)21(26)20(17)25/h2-4,6-11,18,23-24H,5,12-13H2,1H3/t18-/m0/s1. The zero-order valence-corrected chi connectivity index (χ0v) is 14.6. The maximum Gasteiger partial charge on any atom is 0.295 e. The number of likely N-dealkylation sites (tertiary alicyclic amines) is 1. The van der Waals surface area contributed by atoms with Gasteiger partial charge in [-0.15, -0.1) is 0 Å². The monoisotopic (exact) mass is 351 g/mol. The molecule has 0 aliphatic carbocycles. The highest BCUT2D eigenvalue weighted by molar-refractivity contribution is 6.46. The van der Waals surface area contributed by atoms with Crippen LogP contribution >= 0.6 is 0 Å². The van der Waals surface area contributed by atoms with Gasteiger partial charge in [0.25, 0.3) is 11.7 Å². The van der Waals surface area contributed by atoms with Gasteiger partial charge in [0.05, 0.1) is 11.6 Å². The fourth-order valence-electron chi connectivity index (χ4n) is 3.20. The van der Waals surface area contributed by atoms with Gasteiger partial charge in [0.15, 0.2) is 0 Å². The van der Waals surface area contributed by atoms with Crippen LogP contribution < -0.4 is 0 Å². The van der Waals surface area contributed by atoms with Crippen molar-refractivity contribution >= 4 is 17.4 Å². The molecular weight excluding hydrogens is 330 g/mol. The van der Waals surface area contributed by atoms with Gasteiger partial charge >= 0.3 is 0 Å². The third-order valence-corrected chi connectivity index (χ3v) is 4.54. The Morgan fingerprint density at radius 2 is 1.69 bits per heavy atom. The zero-order chi connectivity index (χ0) is 18.7. The molecule has 0 unspecified atom stereocenters. The molecular formula is C21H21NO4. The first-order chi connectivity index (χ1) is 12.5. The Morgan fingerprint density at radius 3 is 2.31 bits per heavy atom. The van der Waals surface area contributed by atoms with Gasteiger partial charge < -0.3 is 15.1 Å². The summed E-state index contributed by atoms with van der Waals surface area (Å²) in [5, 5.41) is 19.9. The van der Waals surface area contributed by atoms with Crippen LogP contribution in [0.25, 0.3) is 5.76 Å². The number of ketones is 1. The SMILES string of the molecule is Cc1ccc(C(O)=C2C(=O)C(=O)N(CCCO)[C@H]2c2ccccc2)cc1. The first kappa shape index (κ1) is 17.9. The lowest BCUT2D eigenvalue weighted by Gasteiger charge is -2.25. The Morgan fingerprint density at radius 1 is 1.04 bits per heavy atom. The number of carbonyl (C=O) groups is 2. The Kier molecular flexibility index (Phi) is 5.19. The topological polar surface area (TPSA) is 77.8 Å². The van der Waals surface area contributed by atoms with Crippen LogP contribution in [-0.2, 0) is 9.59 Å². The summed E-state index contributed by atoms with van der Waals surface area (Å²) < 4.78 is 0. The normalized spacial score (nSPS) is 19.2. The molecule has 1 amide bonds. The van der Waals surface area contributed by atoms with Crippen molar-refractivity contribution in [2.24, 2.45) is 0 Å². The first-order valence-corrected chi connectivity index (χ1v) is 8.56. The molecule has 0 aromatic heterocycles. The maximum absolute atomic E-state index is 12.7. The average molecular weight is 351 g/mol. The number of aliphatic hydroxyl groups is 2. The summed E-state index contributed by atoms with van der Waals surface area (Å²) in [6, 6.07) is 15.6. The van der Waals surface area contributed by atoms with E-state index in [0.29, 0.717) is 12.0 Å². The molecule has 0 bridgehead atoms. The van der Waals surface area contributed by atoms with Crippen LogP contribution in [0.15, 0.2) is 60.2 Å². The van der Waals surface area contributed by atoms with E-state index in [1.54, 1.807) is 12.1 Å². The van der Waals surface area contributed by atoms with Crippen molar-refractivity contribution in [1.82, 2.24) is 4.90 Å². The lowest BCUT2D eigenvalue weighted by atomic mass is 9.95. The van der Waals surface area contributed by atoms with E-state index in [0.717, 1.165) is 11.1 Å². The summed E-state index contributed by atoms with van der Waals surface area (Å²) in [5.74, 6) is -1.53. The quantitative estimate of drug-likeness (QED) is 0.493. The summed E-state index contributed by atoms with van der Waals surface area (Å²) in [6.07, 6.45) is 0.362. The predicted molar refractivity (Wildman–Crippen MR) is 98.3 cm³/mol. The fourth-order valence-corrected chi connectivity index (χ4v) is 3.20. The summed E-state index contributed by atoms with van der Waals surface area (Å²) in [7, 11) is 0. The molecule has 5 nitrogen and oxygen atoms in total. The number of amides is 1. The van der Waals surface area contributed by atoms with Gasteiger partial charge in [-0.3, -0.25) is 9.59 Å². The van der Waals surface area contributed by atoms with Crippen molar-refractivity contribution < 1.29 is 19.8 Å². The van der Waals surface area contributed by atoms with Crippen molar-refractivity contribution in [3.63, 3.8) is 0 Å². The van der Waals surface area contributed by atoms with E-state index in [9.17, 15) is 14.7 Å². The van der Waals surface area contributed by atoms with Crippen LogP contribution in [-0.4, -0.2) is 40.0 Å². The first-order valence-electron chi connectivity index (χ1n) is 8.56. The Labute approximate surface area is 152 Å². The van der Waals surface area contributed by atoms with E-state index in [2.05, 4.69) is 0 Å². The molecule has 5 heteroatoms. The number of benzene rings is 2. The van der Waals surface area contributed by atoms with Crippen molar-refractivity contribution in [2.75, 3.05) is 13.2 Å². The number of aliphatic hydroxyl groups excluding tert-OH is 2. The summed E-state index contributed by atoms with van der Waals surface area (Å²) in [6.45, 7) is 2.09. The van der Waals surface area contributed by atoms with E-state index >= 15 is 0 Å². The zero-order valence-electron chi connectivity index (χ0n) is 14.6. The van der Waals surface area contributed by atoms with Gasteiger partial charge in [-0.2, -0.15) is 0 Å². The molecule has 2 N–H and O–H groups in total. The van der Waals surface area contributed by atoms with Crippen molar-refractivity contribution in [2.45, 2.75) is 19.4 Å². The Bertz CT molecular complexity index is 840. The second kappa shape index (κ2) is 7.54. The van der Waals surface area contributed by atoms with Crippen LogP contribution in [0.2, 0.25) is 0 Å². The van der Waals surface area contributed by atoms with Crippen molar-refractivity contribution in [3.8, 4) is 0 Å². The predicted octanol–water partition coefficient (Wildman–Crippen LogP) is 2.80. The minimum atomic E-state index is -0.699. The van der Waals surface area contributed by atoms with E-state index < -0.39 is 17.7 Å². The van der Waals surface area contributed by atoms with Crippen LogP contribution in [0.3, 0.4) is 0 Å². The summed E-state index contributed by atoms with van der Waals surface area (Å²) >= 11 is 0. The second-order valence-corrected chi connectivity index (χ2v) is 6.35. The minimum Gasteiger partial charge on any atom is -0.507 e. The average Bonchev–Trinajstić information content (AvgIpc) is 2.91. The molecule has 2 aromatic rings. The number of hydrogen-bond donors (Lipinski definition) is 2. The lowest BCUT2D eigenvalue weighted by molar-refractivity contribution is -0.140. The molecule has 1 aliphatic heterocycles. The van der Waals surface area contributed by atoms with Gasteiger partial charge in [-0.05, 0) is 18.9 Å². The molecule has 3 rings (SSSR count). The van der Waals surface area contributed by atoms with E-state index in [4.69, 9.17) is 5.11 Å². The number of hydrogen-bond acceptors (Lipinski definition) is 4. The largest absolute Gasteiger partial charge is 0.507 e. The molecule has 0 radical (unpaired) electrons. The molecule has 1 aliphatic rings. The molecule has 1 saturated heterocycles. The van der Waals surface area contributed by atoms with Crippen LogP contribution in [0, 0.1) is 6.92 Å². The number of rotatable bonds is 5. The van der Waals surface area contributed by atoms with Gasteiger partial charge in [0.2, 0.25) is 0 Å². The second-order valence-electron chi connectivity index (χ2n) is 6.35. The van der Waals surface area contributed by atoms with E-state index in [-0.39, 0.29) is 24.5 Å². The molecule has 0 saturated carbocycles. The van der Waals surface area contributed by atoms with Crippen molar-refractivity contribution in [3.05, 3.63) is 76.9 Å². The molecule has 1 fully saturated rings. The highest BCUT2D eigenvalue weighted by Crippen LogP contribution is 2.39. The van der Waals surface area contributed by atoms with Gasteiger partial charge in [0.1, 0.15) is 5.76 Å². The molecule has 134 valence electrons. The summed E-state index contributed by atoms with van der Waals surface area (Å²) in [4.78, 5) is 26.6. The molecule has 2 aromatic carbocycles. The van der Waals surface area contributed by atoms with Crippen LogP contribution in [0.1, 0.15) is 29.2 Å². The Balaban J connectivity index is 2.14. The highest BCUT2D eigenvalue weighted by atomic mass is 16.3. The third kappa shape index (κ3) is 3.26. The summed E-state index contributed by atoms with van der Waals surface area (Å²) in [5.41, 5.74) is 2.36. The third-order valence-electron chi connectivity index (χ3n) is 4.54. The van der Waals surface area contributed by atoms with Crippen molar-refractivity contribution in [1.29, 1.82) is 0 Å². The van der Waals surface area contributed by atoms with Gasteiger partial charge in [-0.25, -0.2) is 0 Å². The Hall–Kier alpha value is -2.92. The van der Waals surface area contributed by atoms with Gasteiger partial charge in [0, 0.05) is 18.7 Å². The van der Waals surface area contributed by atoms with Gasteiger partial charge in [-0.1, -0.05) is 60.2 Å². The molecule has 26 heavy (non-hydrogen) atoms. The van der Waals surface area contributed by atoms with Crippen LogP contribution in [0.4, 0.5) is 0 Å². The molecule has 1 atom stereocenters. The van der Waals surface area contributed by atoms with E-state index in [1.165, 1.54) is 4.90 Å². The smallest absolute Gasteiger partial charge is 0.295 e. The maximum atomic E-state index is 12.7. The number of Topliss-reactive ketones (excluding diaryl/α,β-unsaturated/α-hetero) is 1. The van der Waals surface area contributed by atoms with E-state index in [1.807, 2.05) is 49.4 Å². The highest BCUT2D eigenvalue weighted by Gasteiger charge is 2.45. The minimum absolute atomic E-state index is 0.0809. The van der Waals surface area contributed by atoms with Crippen LogP contribution in [0.5, 0.6) is 0 Å². The lowest BCUT2D eigenvalue weighted by Crippen LogP contribution is -2.31. The number of carbonyl (C=O) groups excluding carboxylic acids is 2. The number of aryl methyl sites for hydroxylation is 1.